The Morgan fingerprint density at radius 3 is 2.61 bits per heavy atom. The maximum absolute atomic E-state index is 12.2. The Bertz CT molecular complexity index is 834. The van der Waals surface area contributed by atoms with Crippen molar-refractivity contribution >= 4 is 46.1 Å². The lowest BCUT2D eigenvalue weighted by Gasteiger charge is -2.04. The van der Waals surface area contributed by atoms with Crippen LogP contribution in [0.1, 0.15) is 21.1 Å². The molecule has 23 heavy (non-hydrogen) atoms. The van der Waals surface area contributed by atoms with Crippen LogP contribution in [0.15, 0.2) is 53.9 Å². The number of benzene rings is 2. The number of halogens is 2. The zero-order valence-electron chi connectivity index (χ0n) is 11.9. The highest BCUT2D eigenvalue weighted by molar-refractivity contribution is 7.09. The third-order valence-corrected chi connectivity index (χ3v) is 4.75. The van der Waals surface area contributed by atoms with Gasteiger partial charge in [-0.25, -0.2) is 4.98 Å². The second-order valence-corrected chi connectivity index (χ2v) is 6.63. The minimum Gasteiger partial charge on any atom is -0.321 e. The quantitative estimate of drug-likeness (QED) is 0.684. The number of rotatable bonds is 4. The highest BCUT2D eigenvalue weighted by Crippen LogP contribution is 2.25. The van der Waals surface area contributed by atoms with Crippen molar-refractivity contribution in [1.29, 1.82) is 0 Å². The number of carbonyl (C=O) groups excluding carboxylic acids is 1. The molecular weight excluding hydrogens is 351 g/mol. The van der Waals surface area contributed by atoms with Crippen molar-refractivity contribution < 1.29 is 4.79 Å². The molecule has 0 spiro atoms. The maximum Gasteiger partial charge on any atom is 0.275 e. The van der Waals surface area contributed by atoms with Crippen molar-refractivity contribution in [2.45, 2.75) is 6.42 Å². The van der Waals surface area contributed by atoms with Gasteiger partial charge in [0, 0.05) is 17.5 Å². The van der Waals surface area contributed by atoms with Crippen molar-refractivity contribution in [3.63, 3.8) is 0 Å². The van der Waals surface area contributed by atoms with Crippen LogP contribution in [0.3, 0.4) is 0 Å². The number of aromatic nitrogens is 1. The highest BCUT2D eigenvalue weighted by atomic mass is 35.5. The lowest BCUT2D eigenvalue weighted by atomic mass is 10.2. The summed E-state index contributed by atoms with van der Waals surface area (Å²) in [6.45, 7) is 0. The molecule has 1 aromatic heterocycles. The first kappa shape index (κ1) is 16.0. The lowest BCUT2D eigenvalue weighted by molar-refractivity contribution is 0.102. The van der Waals surface area contributed by atoms with Crippen LogP contribution in [0.25, 0.3) is 0 Å². The molecule has 3 aromatic rings. The van der Waals surface area contributed by atoms with Gasteiger partial charge in [0.15, 0.2) is 0 Å². The molecule has 1 amide bonds. The van der Waals surface area contributed by atoms with E-state index in [1.165, 1.54) is 16.9 Å². The molecular formula is C17H12Cl2N2OS. The Balaban J connectivity index is 1.69. The third kappa shape index (κ3) is 4.10. The van der Waals surface area contributed by atoms with Crippen LogP contribution in [0.5, 0.6) is 0 Å². The molecule has 0 fully saturated rings. The Morgan fingerprint density at radius 1 is 1.09 bits per heavy atom. The Hall–Kier alpha value is -1.88. The molecule has 0 aliphatic heterocycles. The minimum atomic E-state index is -0.265. The molecule has 0 saturated heterocycles. The normalized spacial score (nSPS) is 10.5. The summed E-state index contributed by atoms with van der Waals surface area (Å²) in [7, 11) is 0. The maximum atomic E-state index is 12.2. The zero-order chi connectivity index (χ0) is 16.2. The molecule has 0 aliphatic carbocycles. The molecule has 0 saturated carbocycles. The van der Waals surface area contributed by atoms with E-state index in [1.54, 1.807) is 23.6 Å². The fraction of sp³-hybridized carbons (Fsp3) is 0.0588. The van der Waals surface area contributed by atoms with Crippen LogP contribution in [-0.2, 0) is 6.42 Å². The smallest absolute Gasteiger partial charge is 0.275 e. The van der Waals surface area contributed by atoms with Gasteiger partial charge in [0.25, 0.3) is 5.91 Å². The molecule has 0 atom stereocenters. The molecule has 1 N–H and O–H groups in total. The SMILES string of the molecule is O=C(Nc1ccc(Cl)c(Cl)c1)c1csc(Cc2ccccc2)n1. The van der Waals surface area contributed by atoms with E-state index in [-0.39, 0.29) is 5.91 Å². The second-order valence-electron chi connectivity index (χ2n) is 4.87. The van der Waals surface area contributed by atoms with Crippen molar-refractivity contribution in [1.82, 2.24) is 4.98 Å². The van der Waals surface area contributed by atoms with Crippen molar-refractivity contribution in [3.8, 4) is 0 Å². The van der Waals surface area contributed by atoms with Gasteiger partial charge in [-0.1, -0.05) is 53.5 Å². The fourth-order valence-electron chi connectivity index (χ4n) is 2.04. The first-order chi connectivity index (χ1) is 11.1. The van der Waals surface area contributed by atoms with E-state index in [2.05, 4.69) is 10.3 Å². The van der Waals surface area contributed by atoms with E-state index in [0.29, 0.717) is 27.8 Å². The summed E-state index contributed by atoms with van der Waals surface area (Å²) in [6.07, 6.45) is 0.714. The van der Waals surface area contributed by atoms with Gasteiger partial charge < -0.3 is 5.32 Å². The first-order valence-corrected chi connectivity index (χ1v) is 8.50. The van der Waals surface area contributed by atoms with Gasteiger partial charge in [-0.05, 0) is 23.8 Å². The summed E-state index contributed by atoms with van der Waals surface area (Å²) >= 11 is 13.3. The van der Waals surface area contributed by atoms with E-state index in [9.17, 15) is 4.79 Å². The summed E-state index contributed by atoms with van der Waals surface area (Å²) in [5, 5.41) is 6.26. The number of nitrogens with one attached hydrogen (secondary N) is 1. The molecule has 0 radical (unpaired) electrons. The Kier molecular flexibility index (Phi) is 4.96. The predicted octanol–water partition coefficient (Wildman–Crippen LogP) is 5.29. The summed E-state index contributed by atoms with van der Waals surface area (Å²) in [4.78, 5) is 16.6. The third-order valence-electron chi connectivity index (χ3n) is 3.16. The molecule has 3 rings (SSSR count). The number of amides is 1. The molecule has 1 heterocycles. The number of hydrogen-bond acceptors (Lipinski definition) is 3. The number of anilines is 1. The summed E-state index contributed by atoms with van der Waals surface area (Å²) < 4.78 is 0. The minimum absolute atomic E-state index is 0.265. The average molecular weight is 363 g/mol. The molecule has 0 aliphatic rings. The zero-order valence-corrected chi connectivity index (χ0v) is 14.3. The van der Waals surface area contributed by atoms with Gasteiger partial charge in [-0.3, -0.25) is 4.79 Å². The Morgan fingerprint density at radius 2 is 1.87 bits per heavy atom. The van der Waals surface area contributed by atoms with Gasteiger partial charge in [-0.15, -0.1) is 11.3 Å². The van der Waals surface area contributed by atoms with Crippen molar-refractivity contribution in [2.24, 2.45) is 0 Å². The van der Waals surface area contributed by atoms with Gasteiger partial charge >= 0.3 is 0 Å². The standard InChI is InChI=1S/C17H12Cl2N2OS/c18-13-7-6-12(9-14(13)19)20-17(22)15-10-23-16(21-15)8-11-4-2-1-3-5-11/h1-7,9-10H,8H2,(H,20,22). The highest BCUT2D eigenvalue weighted by Gasteiger charge is 2.12. The number of carbonyl (C=O) groups is 1. The van der Waals surface area contributed by atoms with Gasteiger partial charge in [-0.2, -0.15) is 0 Å². The summed E-state index contributed by atoms with van der Waals surface area (Å²) in [6, 6.07) is 15.0. The van der Waals surface area contributed by atoms with Gasteiger partial charge in [0.05, 0.1) is 15.1 Å². The fourth-order valence-corrected chi connectivity index (χ4v) is 3.14. The predicted molar refractivity (Wildman–Crippen MR) is 95.8 cm³/mol. The molecule has 6 heteroatoms. The van der Waals surface area contributed by atoms with Gasteiger partial charge in [0.2, 0.25) is 0 Å². The van der Waals surface area contributed by atoms with E-state index < -0.39 is 0 Å². The number of nitrogens with zero attached hydrogens (tertiary/aromatic N) is 1. The molecule has 2 aromatic carbocycles. The van der Waals surface area contributed by atoms with Crippen LogP contribution >= 0.6 is 34.5 Å². The van der Waals surface area contributed by atoms with Crippen LogP contribution < -0.4 is 5.32 Å². The van der Waals surface area contributed by atoms with Crippen molar-refractivity contribution in [2.75, 3.05) is 5.32 Å². The van der Waals surface area contributed by atoms with E-state index >= 15 is 0 Å². The first-order valence-electron chi connectivity index (χ1n) is 6.86. The Labute approximate surface area is 147 Å². The van der Waals surface area contributed by atoms with Crippen LogP contribution in [0.2, 0.25) is 10.0 Å². The number of hydrogen-bond donors (Lipinski definition) is 1. The summed E-state index contributed by atoms with van der Waals surface area (Å²) in [5.74, 6) is -0.265. The van der Waals surface area contributed by atoms with Gasteiger partial charge in [0.1, 0.15) is 5.69 Å². The molecule has 116 valence electrons. The van der Waals surface area contributed by atoms with Crippen LogP contribution in [-0.4, -0.2) is 10.9 Å². The molecule has 3 nitrogen and oxygen atoms in total. The average Bonchev–Trinajstić information content (AvgIpc) is 3.00. The van der Waals surface area contributed by atoms with Crippen molar-refractivity contribution in [3.05, 3.63) is 80.2 Å². The monoisotopic (exact) mass is 362 g/mol. The van der Waals surface area contributed by atoms with Crippen LogP contribution in [0, 0.1) is 0 Å². The summed E-state index contributed by atoms with van der Waals surface area (Å²) in [5.41, 5.74) is 2.15. The van der Waals surface area contributed by atoms with Crippen LogP contribution in [0.4, 0.5) is 5.69 Å². The van der Waals surface area contributed by atoms with E-state index in [4.69, 9.17) is 23.2 Å². The molecule has 0 unspecified atom stereocenters. The number of thiazole rings is 1. The second kappa shape index (κ2) is 7.13. The molecule has 0 bridgehead atoms. The van der Waals surface area contributed by atoms with E-state index in [0.717, 1.165) is 5.01 Å². The topological polar surface area (TPSA) is 42.0 Å². The van der Waals surface area contributed by atoms with E-state index in [1.807, 2.05) is 30.3 Å². The lowest BCUT2D eigenvalue weighted by Crippen LogP contribution is -2.12. The largest absolute Gasteiger partial charge is 0.321 e.